The molecule has 1 heterocycles. The molecule has 0 bridgehead atoms. The van der Waals surface area contributed by atoms with Gasteiger partial charge in [-0.15, -0.1) is 6.42 Å². The fraction of sp³-hybridized carbons (Fsp3) is 0.471. The highest BCUT2D eigenvalue weighted by atomic mass is 16.5. The molecule has 0 saturated carbocycles. The molecular formula is C17H18N4O2. The highest BCUT2D eigenvalue weighted by molar-refractivity contribution is 5.82. The number of carbonyl (C=O) groups is 1. The van der Waals surface area contributed by atoms with Gasteiger partial charge in [-0.1, -0.05) is 17.1 Å². The molecule has 0 saturated heterocycles. The summed E-state index contributed by atoms with van der Waals surface area (Å²) in [6.07, 6.45) is 8.52. The quantitative estimate of drug-likeness (QED) is 0.392. The van der Waals surface area contributed by atoms with Crippen LogP contribution in [0.25, 0.3) is 10.4 Å². The molecule has 1 aromatic carbocycles. The summed E-state index contributed by atoms with van der Waals surface area (Å²) in [6.45, 7) is 0.849. The molecule has 118 valence electrons. The van der Waals surface area contributed by atoms with Crippen LogP contribution in [0, 0.1) is 12.3 Å². The second-order valence-corrected chi connectivity index (χ2v) is 5.83. The van der Waals surface area contributed by atoms with Crippen LogP contribution < -0.4 is 10.1 Å². The molecule has 1 aliphatic carbocycles. The number of hydrogen-bond acceptors (Lipinski definition) is 3. The lowest BCUT2D eigenvalue weighted by Crippen LogP contribution is -2.34. The summed E-state index contributed by atoms with van der Waals surface area (Å²) in [4.78, 5) is 15.0. The predicted molar refractivity (Wildman–Crippen MR) is 86.1 cm³/mol. The molecule has 1 aliphatic heterocycles. The summed E-state index contributed by atoms with van der Waals surface area (Å²) in [5, 5.41) is 6.28. The Morgan fingerprint density at radius 3 is 3.22 bits per heavy atom. The van der Waals surface area contributed by atoms with E-state index in [0.29, 0.717) is 13.0 Å². The molecule has 1 aromatic rings. The van der Waals surface area contributed by atoms with Crippen LogP contribution >= 0.6 is 0 Å². The number of amides is 1. The fourth-order valence-electron chi connectivity index (χ4n) is 3.58. The molecule has 3 rings (SSSR count). The third-order valence-corrected chi connectivity index (χ3v) is 4.55. The van der Waals surface area contributed by atoms with Gasteiger partial charge in [0, 0.05) is 16.9 Å². The van der Waals surface area contributed by atoms with Crippen LogP contribution in [0.4, 0.5) is 0 Å². The monoisotopic (exact) mass is 310 g/mol. The molecule has 1 N–H and O–H groups in total. The summed E-state index contributed by atoms with van der Waals surface area (Å²) in [7, 11) is 0. The molecule has 6 nitrogen and oxygen atoms in total. The van der Waals surface area contributed by atoms with Gasteiger partial charge in [0.05, 0.1) is 13.2 Å². The second kappa shape index (κ2) is 6.64. The molecule has 0 fully saturated rings. The number of benzene rings is 1. The van der Waals surface area contributed by atoms with E-state index < -0.39 is 6.04 Å². The number of nitrogens with zero attached hydrogens (tertiary/aromatic N) is 3. The SMILES string of the molecule is C#CCNC(=O)C(C[C@@H]1CCc2ccc3c(c21)CCO3)N=[N+]=[N-]. The number of fused-ring (bicyclic) bond motifs is 3. The van der Waals surface area contributed by atoms with Crippen molar-refractivity contribution in [3.8, 4) is 18.1 Å². The van der Waals surface area contributed by atoms with Gasteiger partial charge in [0.15, 0.2) is 0 Å². The van der Waals surface area contributed by atoms with Crippen LogP contribution in [0.3, 0.4) is 0 Å². The maximum atomic E-state index is 12.1. The number of carbonyl (C=O) groups excluding carboxylic acids is 1. The van der Waals surface area contributed by atoms with Crippen LogP contribution in [0.2, 0.25) is 0 Å². The van der Waals surface area contributed by atoms with Crippen molar-refractivity contribution in [2.75, 3.05) is 13.2 Å². The summed E-state index contributed by atoms with van der Waals surface area (Å²) in [5.74, 6) is 3.22. The van der Waals surface area contributed by atoms with Crippen molar-refractivity contribution >= 4 is 5.91 Å². The van der Waals surface area contributed by atoms with Crippen molar-refractivity contribution in [1.82, 2.24) is 5.32 Å². The maximum Gasteiger partial charge on any atom is 0.229 e. The zero-order valence-electron chi connectivity index (χ0n) is 12.8. The van der Waals surface area contributed by atoms with E-state index in [1.807, 2.05) is 6.07 Å². The first-order valence-corrected chi connectivity index (χ1v) is 7.77. The Morgan fingerprint density at radius 2 is 2.43 bits per heavy atom. The lowest BCUT2D eigenvalue weighted by atomic mass is 9.89. The van der Waals surface area contributed by atoms with Gasteiger partial charge in [-0.25, -0.2) is 0 Å². The Bertz CT molecular complexity index is 716. The van der Waals surface area contributed by atoms with Gasteiger partial charge in [0.2, 0.25) is 5.91 Å². The van der Waals surface area contributed by atoms with E-state index in [2.05, 4.69) is 27.3 Å². The highest BCUT2D eigenvalue weighted by Gasteiger charge is 2.32. The minimum absolute atomic E-state index is 0.140. The van der Waals surface area contributed by atoms with E-state index in [9.17, 15) is 4.79 Å². The van der Waals surface area contributed by atoms with E-state index in [0.717, 1.165) is 25.0 Å². The van der Waals surface area contributed by atoms with Crippen LogP contribution in [0.15, 0.2) is 17.2 Å². The predicted octanol–water partition coefficient (Wildman–Crippen LogP) is 2.47. The molecular weight excluding hydrogens is 292 g/mol. The Hall–Kier alpha value is -2.64. The van der Waals surface area contributed by atoms with Crippen molar-refractivity contribution in [1.29, 1.82) is 0 Å². The number of nitrogens with one attached hydrogen (secondary N) is 1. The summed E-state index contributed by atoms with van der Waals surface area (Å²) in [6, 6.07) is 3.41. The van der Waals surface area contributed by atoms with Crippen LogP contribution in [0.1, 0.15) is 35.4 Å². The van der Waals surface area contributed by atoms with Crippen molar-refractivity contribution < 1.29 is 9.53 Å². The third kappa shape index (κ3) is 2.96. The first-order chi connectivity index (χ1) is 11.2. The molecule has 1 unspecified atom stereocenters. The Morgan fingerprint density at radius 1 is 1.57 bits per heavy atom. The third-order valence-electron chi connectivity index (χ3n) is 4.55. The van der Waals surface area contributed by atoms with Crippen LogP contribution in [-0.2, 0) is 17.6 Å². The molecule has 0 radical (unpaired) electrons. The second-order valence-electron chi connectivity index (χ2n) is 5.83. The molecule has 2 aliphatic rings. The van der Waals surface area contributed by atoms with E-state index in [1.165, 1.54) is 16.7 Å². The van der Waals surface area contributed by atoms with Crippen molar-refractivity contribution in [2.24, 2.45) is 5.11 Å². The fourth-order valence-corrected chi connectivity index (χ4v) is 3.58. The van der Waals surface area contributed by atoms with E-state index >= 15 is 0 Å². The topological polar surface area (TPSA) is 87.1 Å². The maximum absolute atomic E-state index is 12.1. The first-order valence-electron chi connectivity index (χ1n) is 7.77. The largest absolute Gasteiger partial charge is 0.493 e. The average molecular weight is 310 g/mol. The van der Waals surface area contributed by atoms with Gasteiger partial charge in [0.25, 0.3) is 0 Å². The Balaban J connectivity index is 1.82. The molecule has 0 spiro atoms. The molecule has 23 heavy (non-hydrogen) atoms. The van der Waals surface area contributed by atoms with Gasteiger partial charge in [-0.05, 0) is 47.9 Å². The van der Waals surface area contributed by atoms with Gasteiger partial charge in [-0.3, -0.25) is 4.79 Å². The summed E-state index contributed by atoms with van der Waals surface area (Å²) in [5.41, 5.74) is 12.6. The van der Waals surface area contributed by atoms with Crippen LogP contribution in [0.5, 0.6) is 5.75 Å². The summed E-state index contributed by atoms with van der Waals surface area (Å²) >= 11 is 0. The van der Waals surface area contributed by atoms with Crippen molar-refractivity contribution in [2.45, 2.75) is 37.6 Å². The van der Waals surface area contributed by atoms with Gasteiger partial charge < -0.3 is 10.1 Å². The van der Waals surface area contributed by atoms with E-state index in [1.54, 1.807) is 0 Å². The van der Waals surface area contributed by atoms with Gasteiger partial charge in [-0.2, -0.15) is 0 Å². The normalized spacial score (nSPS) is 18.8. The van der Waals surface area contributed by atoms with Gasteiger partial charge >= 0.3 is 0 Å². The molecule has 6 heteroatoms. The van der Waals surface area contributed by atoms with E-state index in [4.69, 9.17) is 16.7 Å². The minimum Gasteiger partial charge on any atom is -0.493 e. The van der Waals surface area contributed by atoms with Crippen LogP contribution in [-0.4, -0.2) is 25.1 Å². The number of hydrogen-bond donors (Lipinski definition) is 1. The zero-order chi connectivity index (χ0) is 16.2. The molecule has 0 aromatic heterocycles. The zero-order valence-corrected chi connectivity index (χ0v) is 12.8. The number of aryl methyl sites for hydroxylation is 1. The number of terminal acetylenes is 1. The molecule has 2 atom stereocenters. The minimum atomic E-state index is -0.734. The lowest BCUT2D eigenvalue weighted by Gasteiger charge is -2.18. The van der Waals surface area contributed by atoms with Gasteiger partial charge in [0.1, 0.15) is 11.8 Å². The smallest absolute Gasteiger partial charge is 0.229 e. The standard InChI is InChI=1S/C17H18N4O2/c1-2-8-19-17(22)14(20-21-18)10-12-4-3-11-5-6-15-13(16(11)12)7-9-23-15/h1,5-6,12,14H,3-4,7-10H2,(H,19,22)/t12-,14?/m0/s1. The molecule has 1 amide bonds. The van der Waals surface area contributed by atoms with Crippen molar-refractivity contribution in [3.05, 3.63) is 39.3 Å². The van der Waals surface area contributed by atoms with Crippen molar-refractivity contribution in [3.63, 3.8) is 0 Å². The number of ether oxygens (including phenoxy) is 1. The average Bonchev–Trinajstić information content (AvgIpc) is 3.18. The Labute approximate surface area is 134 Å². The first kappa shape index (κ1) is 15.3. The lowest BCUT2D eigenvalue weighted by molar-refractivity contribution is -0.122. The van der Waals surface area contributed by atoms with E-state index in [-0.39, 0.29) is 18.4 Å². The number of azide groups is 1. The highest BCUT2D eigenvalue weighted by Crippen LogP contribution is 2.43. The number of rotatable bonds is 5. The summed E-state index contributed by atoms with van der Waals surface area (Å²) < 4.78 is 5.64. The Kier molecular flexibility index (Phi) is 4.40.